The van der Waals surface area contributed by atoms with Crippen molar-refractivity contribution in [3.05, 3.63) is 0 Å². The van der Waals surface area contributed by atoms with Gasteiger partial charge in [0, 0.05) is 11.5 Å². The number of hydrogen-bond donors (Lipinski definition) is 2. The zero-order chi connectivity index (χ0) is 15.5. The van der Waals surface area contributed by atoms with E-state index < -0.39 is 20.8 Å². The lowest BCUT2D eigenvalue weighted by atomic mass is 9.69. The van der Waals surface area contributed by atoms with Crippen LogP contribution in [0.15, 0.2) is 5.16 Å². The standard InChI is InChI=1S/C14H26N2O3S/c1-8-9-7-10(14(8,5)6)12(11(9)15-17)20(18,19)16-13(2,3)4/h8-10,12,16-17H,7H2,1-6H3/b15-11-. The van der Waals surface area contributed by atoms with Gasteiger partial charge in [0.1, 0.15) is 5.25 Å². The fraction of sp³-hybridized carbons (Fsp3) is 0.929. The van der Waals surface area contributed by atoms with Gasteiger partial charge >= 0.3 is 0 Å². The van der Waals surface area contributed by atoms with Crippen LogP contribution in [0.5, 0.6) is 0 Å². The minimum atomic E-state index is -3.55. The number of hydrogen-bond acceptors (Lipinski definition) is 4. The van der Waals surface area contributed by atoms with Crippen molar-refractivity contribution < 1.29 is 13.6 Å². The Morgan fingerprint density at radius 2 is 1.90 bits per heavy atom. The van der Waals surface area contributed by atoms with Crippen molar-refractivity contribution in [1.82, 2.24) is 4.72 Å². The number of nitrogens with one attached hydrogen (secondary N) is 1. The molecule has 5 nitrogen and oxygen atoms in total. The average Bonchev–Trinajstić information content (AvgIpc) is 2.72. The van der Waals surface area contributed by atoms with Crippen LogP contribution >= 0.6 is 0 Å². The highest BCUT2D eigenvalue weighted by Gasteiger charge is 2.63. The first kappa shape index (κ1) is 15.8. The highest BCUT2D eigenvalue weighted by atomic mass is 32.2. The van der Waals surface area contributed by atoms with Gasteiger partial charge in [0.15, 0.2) is 0 Å². The summed E-state index contributed by atoms with van der Waals surface area (Å²) in [6.45, 7) is 11.8. The summed E-state index contributed by atoms with van der Waals surface area (Å²) in [6.07, 6.45) is 0.795. The van der Waals surface area contributed by atoms with E-state index in [4.69, 9.17) is 0 Å². The molecule has 2 aliphatic rings. The van der Waals surface area contributed by atoms with Gasteiger partial charge in [-0.1, -0.05) is 25.9 Å². The van der Waals surface area contributed by atoms with Crippen LogP contribution in [0.4, 0.5) is 0 Å². The van der Waals surface area contributed by atoms with Gasteiger partial charge in [0.25, 0.3) is 0 Å². The lowest BCUT2D eigenvalue weighted by Gasteiger charge is -2.41. The maximum atomic E-state index is 12.7. The van der Waals surface area contributed by atoms with E-state index in [-0.39, 0.29) is 17.3 Å². The van der Waals surface area contributed by atoms with Crippen LogP contribution in [0.1, 0.15) is 48.0 Å². The van der Waals surface area contributed by atoms with Crippen LogP contribution in [0.2, 0.25) is 0 Å². The molecule has 20 heavy (non-hydrogen) atoms. The molecule has 2 N–H and O–H groups in total. The van der Waals surface area contributed by atoms with Gasteiger partial charge < -0.3 is 5.21 Å². The quantitative estimate of drug-likeness (QED) is 0.606. The molecule has 0 aliphatic heterocycles. The smallest absolute Gasteiger partial charge is 0.220 e. The number of sulfonamides is 1. The Labute approximate surface area is 121 Å². The molecule has 0 heterocycles. The summed E-state index contributed by atoms with van der Waals surface area (Å²) in [5.74, 6) is 0.411. The second kappa shape index (κ2) is 4.44. The van der Waals surface area contributed by atoms with Crippen LogP contribution in [0, 0.1) is 23.2 Å². The summed E-state index contributed by atoms with van der Waals surface area (Å²) in [5.41, 5.74) is -0.147. The molecule has 2 bridgehead atoms. The first-order valence-electron chi connectivity index (χ1n) is 7.16. The molecule has 0 aromatic heterocycles. The molecule has 0 aromatic rings. The number of oxime groups is 1. The van der Waals surface area contributed by atoms with E-state index in [0.717, 1.165) is 6.42 Å². The molecule has 2 rings (SSSR count). The largest absolute Gasteiger partial charge is 0.411 e. The first-order valence-corrected chi connectivity index (χ1v) is 8.71. The third-order valence-electron chi connectivity index (χ3n) is 5.18. The molecule has 4 atom stereocenters. The second-order valence-electron chi connectivity index (χ2n) is 7.90. The van der Waals surface area contributed by atoms with Gasteiger partial charge in [-0.05, 0) is 44.4 Å². The van der Waals surface area contributed by atoms with E-state index in [1.807, 2.05) is 20.8 Å². The second-order valence-corrected chi connectivity index (χ2v) is 9.70. The van der Waals surface area contributed by atoms with E-state index in [0.29, 0.717) is 11.6 Å². The van der Waals surface area contributed by atoms with E-state index >= 15 is 0 Å². The Hall–Kier alpha value is -0.620. The van der Waals surface area contributed by atoms with Crippen molar-refractivity contribution in [2.45, 2.75) is 58.8 Å². The van der Waals surface area contributed by atoms with E-state index in [1.54, 1.807) is 0 Å². The van der Waals surface area contributed by atoms with Crippen molar-refractivity contribution in [2.75, 3.05) is 0 Å². The van der Waals surface area contributed by atoms with E-state index in [1.165, 1.54) is 0 Å². The van der Waals surface area contributed by atoms with Gasteiger partial charge in [-0.25, -0.2) is 13.1 Å². The lowest BCUT2D eigenvalue weighted by molar-refractivity contribution is 0.179. The summed E-state index contributed by atoms with van der Waals surface area (Å²) < 4.78 is 28.1. The molecule has 116 valence electrons. The summed E-state index contributed by atoms with van der Waals surface area (Å²) in [4.78, 5) is 0. The van der Waals surface area contributed by atoms with Crippen molar-refractivity contribution in [3.8, 4) is 0 Å². The number of rotatable bonds is 2. The molecule has 0 radical (unpaired) electrons. The summed E-state index contributed by atoms with van der Waals surface area (Å²) >= 11 is 0. The van der Waals surface area contributed by atoms with Crippen molar-refractivity contribution in [1.29, 1.82) is 0 Å². The van der Waals surface area contributed by atoms with Gasteiger partial charge in [0.2, 0.25) is 10.0 Å². The van der Waals surface area contributed by atoms with Crippen molar-refractivity contribution >= 4 is 15.7 Å². The molecular formula is C14H26N2O3S. The van der Waals surface area contributed by atoms with E-state index in [9.17, 15) is 13.6 Å². The molecule has 6 heteroatoms. The van der Waals surface area contributed by atoms with Gasteiger partial charge in [-0.2, -0.15) is 0 Å². The molecule has 0 saturated heterocycles. The Bertz CT molecular complexity index is 531. The van der Waals surface area contributed by atoms with E-state index in [2.05, 4.69) is 30.6 Å². The van der Waals surface area contributed by atoms with Gasteiger partial charge in [-0.3, -0.25) is 0 Å². The SMILES string of the molecule is CC1C2CC(C(S(=O)(=O)NC(C)(C)C)/C2=N\O)C1(C)C. The Morgan fingerprint density at radius 1 is 1.35 bits per heavy atom. The summed E-state index contributed by atoms with van der Waals surface area (Å²) in [5, 5.41) is 12.0. The highest BCUT2D eigenvalue weighted by Crippen LogP contribution is 2.59. The Kier molecular flexibility index (Phi) is 3.50. The van der Waals surface area contributed by atoms with Gasteiger partial charge in [0.05, 0.1) is 5.71 Å². The fourth-order valence-electron chi connectivity index (χ4n) is 3.94. The molecule has 0 aromatic carbocycles. The van der Waals surface area contributed by atoms with Crippen molar-refractivity contribution in [2.24, 2.45) is 28.3 Å². The normalized spacial score (nSPS) is 38.6. The maximum absolute atomic E-state index is 12.7. The summed E-state index contributed by atoms with van der Waals surface area (Å²) in [7, 11) is -3.55. The van der Waals surface area contributed by atoms with Crippen LogP contribution in [0.3, 0.4) is 0 Å². The minimum Gasteiger partial charge on any atom is -0.411 e. The zero-order valence-electron chi connectivity index (χ0n) is 13.1. The summed E-state index contributed by atoms with van der Waals surface area (Å²) in [6, 6.07) is 0. The minimum absolute atomic E-state index is 0.00764. The molecule has 2 fully saturated rings. The van der Waals surface area contributed by atoms with Crippen LogP contribution < -0.4 is 4.72 Å². The molecule has 0 spiro atoms. The topological polar surface area (TPSA) is 78.8 Å². The predicted octanol–water partition coefficient (Wildman–Crippen LogP) is 2.22. The van der Waals surface area contributed by atoms with Crippen LogP contribution in [-0.4, -0.2) is 30.1 Å². The molecule has 4 unspecified atom stereocenters. The fourth-order valence-corrected chi connectivity index (χ4v) is 6.36. The van der Waals surface area contributed by atoms with Gasteiger partial charge in [-0.15, -0.1) is 0 Å². The lowest BCUT2D eigenvalue weighted by Crippen LogP contribution is -2.54. The monoisotopic (exact) mass is 302 g/mol. The maximum Gasteiger partial charge on any atom is 0.220 e. The Balaban J connectivity index is 2.42. The molecule has 2 saturated carbocycles. The molecule has 2 aliphatic carbocycles. The van der Waals surface area contributed by atoms with Crippen LogP contribution in [-0.2, 0) is 10.0 Å². The predicted molar refractivity (Wildman–Crippen MR) is 79.4 cm³/mol. The number of fused-ring (bicyclic) bond motifs is 2. The van der Waals surface area contributed by atoms with Crippen molar-refractivity contribution in [3.63, 3.8) is 0 Å². The molecular weight excluding hydrogens is 276 g/mol. The molecule has 0 amide bonds. The first-order chi connectivity index (χ1) is 8.92. The highest BCUT2D eigenvalue weighted by molar-refractivity contribution is 7.91. The Morgan fingerprint density at radius 3 is 2.35 bits per heavy atom. The third-order valence-corrected chi connectivity index (χ3v) is 7.31. The zero-order valence-corrected chi connectivity index (χ0v) is 14.0. The average molecular weight is 302 g/mol. The third kappa shape index (κ3) is 2.26. The van der Waals surface area contributed by atoms with Crippen LogP contribution in [0.25, 0.3) is 0 Å². The number of nitrogens with zero attached hydrogens (tertiary/aromatic N) is 1.